The number of nitrogen functional groups attached to an aromatic ring is 1. The molecule has 0 radical (unpaired) electrons. The van der Waals surface area contributed by atoms with E-state index in [1.54, 1.807) is 36.4 Å². The molecule has 7 rings (SSSR count). The van der Waals surface area contributed by atoms with E-state index in [-0.39, 0.29) is 77.9 Å². The van der Waals surface area contributed by atoms with Gasteiger partial charge in [0, 0.05) is 29.7 Å². The molecule has 53 heavy (non-hydrogen) atoms. The van der Waals surface area contributed by atoms with Crippen LogP contribution in [0.15, 0.2) is 95.2 Å². The molecule has 1 aromatic heterocycles. The third-order valence-corrected chi connectivity index (χ3v) is 10.1. The number of carbonyl (C=O) groups is 2. The largest absolute Gasteiger partial charge is 0.573 e. The molecule has 0 aliphatic heterocycles. The van der Waals surface area contributed by atoms with Crippen molar-refractivity contribution in [2.24, 2.45) is 11.8 Å². The Bertz CT molecular complexity index is 2100. The van der Waals surface area contributed by atoms with Crippen molar-refractivity contribution in [2.75, 3.05) is 18.8 Å². The van der Waals surface area contributed by atoms with Crippen LogP contribution >= 0.6 is 0 Å². The number of aliphatic hydroxyl groups excluding tert-OH is 1. The molecule has 276 valence electrons. The molecular formula is C39H36F3N3O8. The minimum Gasteiger partial charge on any atom is -0.508 e. The number of aliphatic hydroxyl groups is 2. The first kappa shape index (κ1) is 35.8. The van der Waals surface area contributed by atoms with Crippen molar-refractivity contribution in [3.05, 3.63) is 124 Å². The molecule has 14 heteroatoms. The number of likely N-dealkylation sites (N-methyl/N-ethyl adjacent to an activating group) is 1. The third kappa shape index (κ3) is 6.21. The highest BCUT2D eigenvalue weighted by Crippen LogP contribution is 2.58. The summed E-state index contributed by atoms with van der Waals surface area (Å²) < 4.78 is 63.2. The number of aromatic nitrogens is 1. The van der Waals surface area contributed by atoms with Gasteiger partial charge in [0.15, 0.2) is 22.9 Å². The van der Waals surface area contributed by atoms with Gasteiger partial charge in [-0.25, -0.2) is 0 Å². The first-order chi connectivity index (χ1) is 25.4. The van der Waals surface area contributed by atoms with Crippen molar-refractivity contribution < 1.29 is 51.7 Å². The first-order valence-electron chi connectivity index (χ1n) is 17.0. The van der Waals surface area contributed by atoms with Crippen molar-refractivity contribution in [3.8, 4) is 17.4 Å². The second kappa shape index (κ2) is 13.7. The topological polar surface area (TPSA) is 158 Å². The van der Waals surface area contributed by atoms with Gasteiger partial charge in [-0.1, -0.05) is 73.7 Å². The minimum atomic E-state index is -5.13. The summed E-state index contributed by atoms with van der Waals surface area (Å²) >= 11 is 0. The molecule has 11 nitrogen and oxygen atoms in total. The predicted octanol–water partition coefficient (Wildman–Crippen LogP) is 6.68. The highest BCUT2D eigenvalue weighted by Gasteiger charge is 2.64. The molecular weight excluding hydrogens is 695 g/mol. The van der Waals surface area contributed by atoms with Gasteiger partial charge in [-0.15, -0.1) is 19.8 Å². The van der Waals surface area contributed by atoms with E-state index in [1.807, 2.05) is 42.2 Å². The second-order valence-corrected chi connectivity index (χ2v) is 13.2. The Kier molecular flexibility index (Phi) is 9.28. The van der Waals surface area contributed by atoms with Crippen LogP contribution in [0.4, 0.5) is 18.9 Å². The molecule has 3 aliphatic rings. The number of ketones is 2. The van der Waals surface area contributed by atoms with Gasteiger partial charge in [0.05, 0.1) is 17.3 Å². The van der Waals surface area contributed by atoms with E-state index in [0.29, 0.717) is 12.1 Å². The Labute approximate surface area is 302 Å². The fourth-order valence-corrected chi connectivity index (χ4v) is 7.83. The van der Waals surface area contributed by atoms with Crippen molar-refractivity contribution in [3.63, 3.8) is 0 Å². The van der Waals surface area contributed by atoms with Gasteiger partial charge in [0.1, 0.15) is 30.3 Å². The van der Waals surface area contributed by atoms with Gasteiger partial charge in [-0.2, -0.15) is 0 Å². The third-order valence-electron chi connectivity index (χ3n) is 10.1. The highest BCUT2D eigenvalue weighted by molar-refractivity contribution is 6.17. The fourth-order valence-electron chi connectivity index (χ4n) is 7.83. The summed E-state index contributed by atoms with van der Waals surface area (Å²) in [6.45, 7) is 6.21. The molecule has 0 saturated carbocycles. The molecule has 1 heterocycles. The zero-order valence-corrected chi connectivity index (χ0v) is 28.6. The Morgan fingerprint density at radius 3 is 2.30 bits per heavy atom. The number of alkyl halides is 3. The number of ether oxygens (including phenoxy) is 3. The maximum atomic E-state index is 14.6. The smallest absolute Gasteiger partial charge is 0.508 e. The summed E-state index contributed by atoms with van der Waals surface area (Å²) in [5.74, 6) is -6.01. The number of benzene rings is 3. The Balaban J connectivity index is 1.36. The molecule has 4 atom stereocenters. The Hall–Kier alpha value is -5.60. The molecule has 4 N–H and O–H groups in total. The summed E-state index contributed by atoms with van der Waals surface area (Å²) in [6.07, 6.45) is -3.88. The molecule has 0 bridgehead atoms. The van der Waals surface area contributed by atoms with Gasteiger partial charge in [0.25, 0.3) is 5.88 Å². The fraction of sp³-hybridized carbons (Fsp3) is 0.308. The first-order valence-corrected chi connectivity index (χ1v) is 17.0. The van der Waals surface area contributed by atoms with Gasteiger partial charge < -0.3 is 34.7 Å². The summed E-state index contributed by atoms with van der Waals surface area (Å²) in [5.41, 5.74) is 3.64. The van der Waals surface area contributed by atoms with Crippen molar-refractivity contribution in [2.45, 2.75) is 51.0 Å². The van der Waals surface area contributed by atoms with Crippen LogP contribution in [0.25, 0.3) is 0 Å². The maximum absolute atomic E-state index is 14.6. The SMILES string of the molecule is C=CCN(CC)[C@@H]1c2onc(OCc3ccccc3)c2C(=O)[C@@]2(O)C(O)=C3C(=O)c4c(c(OC(F)(F)F)cc(N)c4OCc4ccccc4)C[C@H]3C[C@@H]12. The van der Waals surface area contributed by atoms with E-state index in [9.17, 15) is 33.0 Å². The second-order valence-electron chi connectivity index (χ2n) is 13.2. The number of carbonyl (C=O) groups excluding carboxylic acids is 2. The lowest BCUT2D eigenvalue weighted by molar-refractivity contribution is -0.274. The molecule has 3 aromatic carbocycles. The van der Waals surface area contributed by atoms with Crippen LogP contribution in [0.3, 0.4) is 0 Å². The zero-order chi connectivity index (χ0) is 37.7. The zero-order valence-electron chi connectivity index (χ0n) is 28.6. The van der Waals surface area contributed by atoms with Gasteiger partial charge in [0.2, 0.25) is 5.78 Å². The quantitative estimate of drug-likeness (QED) is 0.112. The van der Waals surface area contributed by atoms with Gasteiger partial charge in [-0.05, 0) is 41.6 Å². The number of hydrogen-bond donors (Lipinski definition) is 3. The van der Waals surface area contributed by atoms with Crippen molar-refractivity contribution >= 4 is 17.3 Å². The van der Waals surface area contributed by atoms with Gasteiger partial charge >= 0.3 is 6.36 Å². The minimum absolute atomic E-state index is 0.00366. The van der Waals surface area contributed by atoms with E-state index in [1.165, 1.54) is 0 Å². The van der Waals surface area contributed by atoms with E-state index in [4.69, 9.17) is 19.7 Å². The number of nitrogens with two attached hydrogens (primary N) is 1. The number of hydrogen-bond acceptors (Lipinski definition) is 11. The number of halogens is 3. The van der Waals surface area contributed by atoms with Crippen LogP contribution in [-0.2, 0) is 19.6 Å². The van der Waals surface area contributed by atoms with E-state index < -0.39 is 52.9 Å². The van der Waals surface area contributed by atoms with Gasteiger partial charge in [-0.3, -0.25) is 14.5 Å². The van der Waals surface area contributed by atoms with Crippen LogP contribution in [-0.4, -0.2) is 56.9 Å². The highest BCUT2D eigenvalue weighted by atomic mass is 19.4. The van der Waals surface area contributed by atoms with E-state index >= 15 is 0 Å². The van der Waals surface area contributed by atoms with Crippen LogP contribution in [0.1, 0.15) is 62.6 Å². The molecule has 0 fully saturated rings. The number of Topliss-reactive ketones (excluding diaryl/α,β-unsaturated/α-hetero) is 2. The molecule has 0 saturated heterocycles. The standard InChI is InChI=1S/C39H36F3N3O8/c1-3-15-45(4-2)31-25-17-23-16-24-27(52-39(40,41)42)18-26(43)33(50-19-21-11-7-5-8-12-21)29(24)32(46)28(23)35(47)38(25,49)36(48)30-34(31)53-44-37(30)51-20-22-13-9-6-10-14-22/h3,5-14,18,23,25,31,47,49H,1,4,15-17,19-20,43H2,2H3/t23-,25-,31-,38-/m0/s1. The predicted molar refractivity (Wildman–Crippen MR) is 184 cm³/mol. The summed E-state index contributed by atoms with van der Waals surface area (Å²) in [4.78, 5) is 31.0. The maximum Gasteiger partial charge on any atom is 0.573 e. The normalized spacial score (nSPS) is 22.1. The average molecular weight is 732 g/mol. The monoisotopic (exact) mass is 731 g/mol. The Morgan fingerprint density at radius 2 is 1.70 bits per heavy atom. The van der Waals surface area contributed by atoms with Crippen LogP contribution < -0.4 is 19.9 Å². The molecule has 0 unspecified atom stereocenters. The molecule has 0 spiro atoms. The summed E-state index contributed by atoms with van der Waals surface area (Å²) in [5, 5.41) is 28.7. The molecule has 3 aliphatic carbocycles. The van der Waals surface area contributed by atoms with E-state index in [2.05, 4.69) is 16.5 Å². The van der Waals surface area contributed by atoms with Crippen LogP contribution in [0.2, 0.25) is 0 Å². The lowest BCUT2D eigenvalue weighted by Crippen LogP contribution is -2.60. The molecule has 4 aromatic rings. The number of fused-ring (bicyclic) bond motifs is 4. The number of nitrogens with zero attached hydrogens (tertiary/aromatic N) is 2. The lowest BCUT2D eigenvalue weighted by Gasteiger charge is -2.50. The Morgan fingerprint density at radius 1 is 1.06 bits per heavy atom. The van der Waals surface area contributed by atoms with Crippen LogP contribution in [0.5, 0.6) is 17.4 Å². The van der Waals surface area contributed by atoms with Crippen LogP contribution in [0, 0.1) is 11.8 Å². The number of anilines is 1. The number of allylic oxidation sites excluding steroid dienone is 1. The lowest BCUT2D eigenvalue weighted by atomic mass is 9.58. The summed E-state index contributed by atoms with van der Waals surface area (Å²) in [6, 6.07) is 17.9. The molecule has 0 amide bonds. The van der Waals surface area contributed by atoms with Crippen molar-refractivity contribution in [1.29, 1.82) is 0 Å². The summed E-state index contributed by atoms with van der Waals surface area (Å²) in [7, 11) is 0. The van der Waals surface area contributed by atoms with Crippen molar-refractivity contribution in [1.82, 2.24) is 10.1 Å². The number of rotatable bonds is 11. The van der Waals surface area contributed by atoms with E-state index in [0.717, 1.165) is 11.6 Å². The average Bonchev–Trinajstić information content (AvgIpc) is 3.55.